The standard InChI is InChI=1S/C36H32N4O7S/c1-45-30-21-38-36(39-22-30)26-10-8-24(9-11-26)31(40-29-15-12-25(13-16-29)32(41)6-4-18-48(42,43)44)23-46-35-17-14-28(20-37-35)34-19-27-5-2-3-7-33(27)47-34/h2-3,5,7-17,19-22,31,40H,4,6,18,23H2,1H3,(H,42,43,44)/t31-/m1/s1. The number of furan rings is 1. The lowest BCUT2D eigenvalue weighted by Crippen LogP contribution is -2.19. The molecule has 0 bridgehead atoms. The summed E-state index contributed by atoms with van der Waals surface area (Å²) in [6.07, 6.45) is 5.00. The van der Waals surface area contributed by atoms with Crippen molar-refractivity contribution in [3.63, 3.8) is 0 Å². The Kier molecular flexibility index (Phi) is 9.74. The molecular weight excluding hydrogens is 632 g/mol. The predicted octanol–water partition coefficient (Wildman–Crippen LogP) is 7.04. The second kappa shape index (κ2) is 14.4. The van der Waals surface area contributed by atoms with Crippen molar-refractivity contribution >= 4 is 32.6 Å². The van der Waals surface area contributed by atoms with Crippen LogP contribution in [0.2, 0.25) is 0 Å². The first-order valence-electron chi connectivity index (χ1n) is 15.1. The van der Waals surface area contributed by atoms with E-state index in [0.717, 1.165) is 39.1 Å². The Balaban J connectivity index is 1.17. The first-order chi connectivity index (χ1) is 23.2. The number of hydrogen-bond donors (Lipinski definition) is 2. The van der Waals surface area contributed by atoms with Crippen LogP contribution in [0.1, 0.15) is 34.8 Å². The highest BCUT2D eigenvalue weighted by atomic mass is 32.2. The summed E-state index contributed by atoms with van der Waals surface area (Å²) in [6.45, 7) is 0.228. The third-order valence-electron chi connectivity index (χ3n) is 7.63. The smallest absolute Gasteiger partial charge is 0.264 e. The van der Waals surface area contributed by atoms with Gasteiger partial charge in [-0.2, -0.15) is 8.42 Å². The molecule has 12 heteroatoms. The molecule has 6 rings (SSSR count). The summed E-state index contributed by atoms with van der Waals surface area (Å²) >= 11 is 0. The molecule has 0 aliphatic carbocycles. The summed E-state index contributed by atoms with van der Waals surface area (Å²) in [5.74, 6) is 1.63. The van der Waals surface area contributed by atoms with Gasteiger partial charge in [-0.15, -0.1) is 0 Å². The fourth-order valence-electron chi connectivity index (χ4n) is 5.07. The molecule has 48 heavy (non-hydrogen) atoms. The Hall–Kier alpha value is -5.59. The number of rotatable bonds is 14. The number of para-hydroxylation sites is 1. The molecule has 2 N–H and O–H groups in total. The monoisotopic (exact) mass is 664 g/mol. The van der Waals surface area contributed by atoms with Crippen LogP contribution in [0.4, 0.5) is 5.69 Å². The minimum absolute atomic E-state index is 0.00935. The van der Waals surface area contributed by atoms with E-state index in [-0.39, 0.29) is 31.3 Å². The lowest BCUT2D eigenvalue weighted by Gasteiger charge is -2.21. The molecule has 6 aromatic rings. The van der Waals surface area contributed by atoms with Crippen molar-refractivity contribution < 1.29 is 31.7 Å². The number of fused-ring (bicyclic) bond motifs is 1. The third kappa shape index (κ3) is 8.21. The second-order valence-electron chi connectivity index (χ2n) is 11.0. The fourth-order valence-corrected chi connectivity index (χ4v) is 5.58. The van der Waals surface area contributed by atoms with E-state index >= 15 is 0 Å². The van der Waals surface area contributed by atoms with E-state index in [0.29, 0.717) is 23.0 Å². The lowest BCUT2D eigenvalue weighted by atomic mass is 10.0. The maximum absolute atomic E-state index is 12.5. The van der Waals surface area contributed by atoms with Crippen LogP contribution in [-0.4, -0.2) is 53.2 Å². The van der Waals surface area contributed by atoms with Crippen molar-refractivity contribution in [1.29, 1.82) is 0 Å². The van der Waals surface area contributed by atoms with Crippen molar-refractivity contribution in [2.24, 2.45) is 0 Å². The Morgan fingerprint density at radius 3 is 2.29 bits per heavy atom. The number of aromatic nitrogens is 3. The van der Waals surface area contributed by atoms with Gasteiger partial charge < -0.3 is 19.2 Å². The van der Waals surface area contributed by atoms with Crippen LogP contribution in [0, 0.1) is 0 Å². The maximum Gasteiger partial charge on any atom is 0.264 e. The van der Waals surface area contributed by atoms with Crippen LogP contribution in [0.25, 0.3) is 33.7 Å². The number of methoxy groups -OCH3 is 1. The summed E-state index contributed by atoms with van der Waals surface area (Å²) < 4.78 is 48.2. The molecule has 0 saturated carbocycles. The van der Waals surface area contributed by atoms with Crippen molar-refractivity contribution in [2.45, 2.75) is 18.9 Å². The molecule has 0 saturated heterocycles. The number of nitrogens with zero attached hydrogens (tertiary/aromatic N) is 3. The largest absolute Gasteiger partial charge is 0.494 e. The van der Waals surface area contributed by atoms with E-state index in [1.165, 1.54) is 0 Å². The molecule has 3 aromatic heterocycles. The highest BCUT2D eigenvalue weighted by Crippen LogP contribution is 2.29. The summed E-state index contributed by atoms with van der Waals surface area (Å²) in [4.78, 5) is 25.8. The predicted molar refractivity (Wildman–Crippen MR) is 182 cm³/mol. The molecule has 0 amide bonds. The number of Topliss-reactive ketones (excluding diaryl/α,β-unsaturated/α-hetero) is 1. The van der Waals surface area contributed by atoms with E-state index < -0.39 is 15.9 Å². The topological polar surface area (TPSA) is 154 Å². The molecule has 1 atom stereocenters. The normalized spacial score (nSPS) is 12.0. The second-order valence-corrected chi connectivity index (χ2v) is 12.6. The summed E-state index contributed by atoms with van der Waals surface area (Å²) in [5, 5.41) is 4.50. The SMILES string of the molecule is COc1cnc(-c2ccc([C@@H](COc3ccc(-c4cc5ccccc5o4)cn3)Nc3ccc(C(=O)CCCS(=O)(=O)O)cc3)cc2)nc1. The van der Waals surface area contributed by atoms with E-state index in [4.69, 9.17) is 18.4 Å². The molecule has 0 radical (unpaired) electrons. The molecule has 0 aliphatic rings. The van der Waals surface area contributed by atoms with Gasteiger partial charge in [0, 0.05) is 46.4 Å². The molecule has 3 aromatic carbocycles. The molecule has 0 fully saturated rings. The first-order valence-corrected chi connectivity index (χ1v) is 16.7. The van der Waals surface area contributed by atoms with Gasteiger partial charge in [-0.05, 0) is 54.4 Å². The van der Waals surface area contributed by atoms with Gasteiger partial charge in [0.2, 0.25) is 5.88 Å². The van der Waals surface area contributed by atoms with Gasteiger partial charge >= 0.3 is 0 Å². The highest BCUT2D eigenvalue weighted by Gasteiger charge is 2.16. The Morgan fingerprint density at radius 1 is 0.896 bits per heavy atom. The number of anilines is 1. The van der Waals surface area contributed by atoms with Gasteiger partial charge in [0.1, 0.15) is 18.0 Å². The lowest BCUT2D eigenvalue weighted by molar-refractivity contribution is 0.0982. The molecule has 0 aliphatic heterocycles. The number of benzene rings is 3. The number of hydrogen-bond acceptors (Lipinski definition) is 10. The third-order valence-corrected chi connectivity index (χ3v) is 8.44. The zero-order chi connectivity index (χ0) is 33.5. The maximum atomic E-state index is 12.5. The van der Waals surface area contributed by atoms with E-state index in [2.05, 4.69) is 20.3 Å². The van der Waals surface area contributed by atoms with Gasteiger partial charge in [0.15, 0.2) is 17.4 Å². The Labute approximate surface area is 277 Å². The van der Waals surface area contributed by atoms with Gasteiger partial charge in [0.25, 0.3) is 10.1 Å². The highest BCUT2D eigenvalue weighted by molar-refractivity contribution is 7.85. The molecule has 11 nitrogen and oxygen atoms in total. The average Bonchev–Trinajstić information content (AvgIpc) is 3.55. The zero-order valence-corrected chi connectivity index (χ0v) is 26.8. The van der Waals surface area contributed by atoms with E-state index in [1.807, 2.05) is 60.7 Å². The number of ether oxygens (including phenoxy) is 2. The number of nitrogens with one attached hydrogen (secondary N) is 1. The zero-order valence-electron chi connectivity index (χ0n) is 25.9. The van der Waals surface area contributed by atoms with Crippen LogP contribution in [-0.2, 0) is 10.1 Å². The van der Waals surface area contributed by atoms with Crippen molar-refractivity contribution in [1.82, 2.24) is 15.0 Å². The number of ketones is 1. The number of carbonyl (C=O) groups is 1. The fraction of sp³-hybridized carbons (Fsp3) is 0.167. The van der Waals surface area contributed by atoms with Gasteiger partial charge in [0.05, 0.1) is 31.3 Å². The Bertz CT molecular complexity index is 2070. The summed E-state index contributed by atoms with van der Waals surface area (Å²) in [7, 11) is -2.55. The number of carbonyl (C=O) groups excluding carboxylic acids is 1. The minimum atomic E-state index is -4.11. The van der Waals surface area contributed by atoms with E-state index in [9.17, 15) is 13.2 Å². The summed E-state index contributed by atoms with van der Waals surface area (Å²) in [6, 6.07) is 27.9. The van der Waals surface area contributed by atoms with Crippen molar-refractivity contribution in [3.8, 4) is 34.3 Å². The van der Waals surface area contributed by atoms with Crippen LogP contribution >= 0.6 is 0 Å². The average molecular weight is 665 g/mol. The molecular formula is C36H32N4O7S. The molecule has 244 valence electrons. The van der Waals surface area contributed by atoms with Gasteiger partial charge in [-0.25, -0.2) is 15.0 Å². The van der Waals surface area contributed by atoms with Crippen molar-refractivity contribution in [2.75, 3.05) is 24.8 Å². The van der Waals surface area contributed by atoms with Gasteiger partial charge in [-0.3, -0.25) is 9.35 Å². The quantitative estimate of drug-likeness (QED) is 0.0910. The molecule has 3 heterocycles. The van der Waals surface area contributed by atoms with Crippen molar-refractivity contribution in [3.05, 3.63) is 121 Å². The van der Waals surface area contributed by atoms with Crippen LogP contribution < -0.4 is 14.8 Å². The summed E-state index contributed by atoms with van der Waals surface area (Å²) in [5.41, 5.74) is 4.59. The number of pyridine rings is 1. The van der Waals surface area contributed by atoms with E-state index in [1.54, 1.807) is 56.0 Å². The molecule has 0 unspecified atom stereocenters. The van der Waals surface area contributed by atoms with Crippen LogP contribution in [0.5, 0.6) is 11.6 Å². The Morgan fingerprint density at radius 2 is 1.62 bits per heavy atom. The van der Waals surface area contributed by atoms with Crippen LogP contribution in [0.3, 0.4) is 0 Å². The van der Waals surface area contributed by atoms with Crippen LogP contribution in [0.15, 0.2) is 114 Å². The molecule has 0 spiro atoms. The van der Waals surface area contributed by atoms with Gasteiger partial charge in [-0.1, -0.05) is 42.5 Å². The minimum Gasteiger partial charge on any atom is -0.494 e. The first kappa shape index (κ1) is 32.4.